The van der Waals surface area contributed by atoms with Gasteiger partial charge in [0.05, 0.1) is 6.61 Å². The first-order valence-electron chi connectivity index (χ1n) is 5.61. The molecule has 1 unspecified atom stereocenters. The lowest BCUT2D eigenvalue weighted by Gasteiger charge is -2.09. The van der Waals surface area contributed by atoms with Crippen LogP contribution < -0.4 is 4.74 Å². The Bertz CT molecular complexity index is 401. The van der Waals surface area contributed by atoms with Gasteiger partial charge in [-0.05, 0) is 25.0 Å². The van der Waals surface area contributed by atoms with Gasteiger partial charge in [0.2, 0.25) is 0 Å². The van der Waals surface area contributed by atoms with Crippen molar-refractivity contribution in [3.8, 4) is 5.75 Å². The minimum atomic E-state index is -0.237. The van der Waals surface area contributed by atoms with E-state index in [0.29, 0.717) is 37.2 Å². The van der Waals surface area contributed by atoms with Crippen molar-refractivity contribution in [2.45, 2.75) is 26.2 Å². The van der Waals surface area contributed by atoms with Gasteiger partial charge in [-0.1, -0.05) is 13.0 Å². The van der Waals surface area contributed by atoms with E-state index in [-0.39, 0.29) is 17.5 Å². The molecule has 0 saturated carbocycles. The number of Topliss-reactive ketones (excluding diaryl/α,β-unsaturated/α-hetero) is 1. The first kappa shape index (κ1) is 11.1. The van der Waals surface area contributed by atoms with E-state index in [2.05, 4.69) is 0 Å². The zero-order valence-corrected chi connectivity index (χ0v) is 9.33. The number of ether oxygens (including phenoxy) is 1. The van der Waals surface area contributed by atoms with E-state index in [4.69, 9.17) is 4.74 Å². The smallest absolute Gasteiger partial charge is 0.139 e. The van der Waals surface area contributed by atoms with E-state index in [1.807, 2.05) is 6.92 Å². The molecule has 1 atom stereocenters. The molecule has 0 bridgehead atoms. The second kappa shape index (κ2) is 4.64. The van der Waals surface area contributed by atoms with Crippen molar-refractivity contribution in [2.24, 2.45) is 5.92 Å². The van der Waals surface area contributed by atoms with Crippen LogP contribution in [0.5, 0.6) is 5.75 Å². The molecule has 0 spiro atoms. The van der Waals surface area contributed by atoms with Gasteiger partial charge < -0.3 is 4.74 Å². The van der Waals surface area contributed by atoms with Crippen LogP contribution in [0.1, 0.15) is 25.3 Å². The molecule has 0 saturated heterocycles. The number of hydrogen-bond donors (Lipinski definition) is 0. The van der Waals surface area contributed by atoms with Gasteiger partial charge >= 0.3 is 0 Å². The van der Waals surface area contributed by atoms with Gasteiger partial charge in [-0.2, -0.15) is 0 Å². The van der Waals surface area contributed by atoms with Crippen molar-refractivity contribution in [1.82, 2.24) is 0 Å². The Balaban J connectivity index is 2.28. The first-order chi connectivity index (χ1) is 7.68. The van der Waals surface area contributed by atoms with Crippen molar-refractivity contribution in [3.05, 3.63) is 29.6 Å². The van der Waals surface area contributed by atoms with Gasteiger partial charge in [0.25, 0.3) is 0 Å². The van der Waals surface area contributed by atoms with Crippen LogP contribution in [0.3, 0.4) is 0 Å². The summed E-state index contributed by atoms with van der Waals surface area (Å²) in [5.74, 6) is 0.545. The molecule has 2 rings (SSSR count). The van der Waals surface area contributed by atoms with Crippen LogP contribution in [-0.4, -0.2) is 12.4 Å². The molecule has 0 amide bonds. The van der Waals surface area contributed by atoms with Gasteiger partial charge in [0, 0.05) is 17.9 Å². The Morgan fingerprint density at radius 3 is 3.00 bits per heavy atom. The average molecular weight is 222 g/mol. The van der Waals surface area contributed by atoms with E-state index in [1.165, 1.54) is 6.07 Å². The maximum Gasteiger partial charge on any atom is 0.139 e. The Morgan fingerprint density at radius 1 is 1.38 bits per heavy atom. The van der Waals surface area contributed by atoms with Crippen molar-refractivity contribution in [2.75, 3.05) is 6.61 Å². The minimum absolute atomic E-state index is 0.00541. The van der Waals surface area contributed by atoms with Crippen molar-refractivity contribution in [3.63, 3.8) is 0 Å². The third kappa shape index (κ3) is 2.23. The maximum absolute atomic E-state index is 13.6. The standard InChI is InChI=1S/C13H15FO2/c1-9-5-6-10-11(14)3-2-4-13(10)16-8-7-12(9)15/h2-4,9H,5-8H2,1H3. The maximum atomic E-state index is 13.6. The predicted molar refractivity (Wildman–Crippen MR) is 59.0 cm³/mol. The number of fused-ring (bicyclic) bond motifs is 1. The highest BCUT2D eigenvalue weighted by Crippen LogP contribution is 2.26. The number of benzene rings is 1. The van der Waals surface area contributed by atoms with Crippen molar-refractivity contribution in [1.29, 1.82) is 0 Å². The Kier molecular flexibility index (Phi) is 3.22. The highest BCUT2D eigenvalue weighted by Gasteiger charge is 2.18. The number of carbonyl (C=O) groups excluding carboxylic acids is 1. The number of hydrogen-bond acceptors (Lipinski definition) is 2. The zero-order valence-electron chi connectivity index (χ0n) is 9.33. The quantitative estimate of drug-likeness (QED) is 0.674. The highest BCUT2D eigenvalue weighted by atomic mass is 19.1. The van der Waals surface area contributed by atoms with E-state index in [0.717, 1.165) is 0 Å². The summed E-state index contributed by atoms with van der Waals surface area (Å²) in [5, 5.41) is 0. The average Bonchev–Trinajstić information content (AvgIpc) is 2.32. The predicted octanol–water partition coefficient (Wildman–Crippen LogP) is 2.75. The lowest BCUT2D eigenvalue weighted by molar-refractivity contribution is -0.122. The SMILES string of the molecule is CC1CCc2c(F)cccc2OCCC1=O. The Morgan fingerprint density at radius 2 is 2.19 bits per heavy atom. The molecule has 2 nitrogen and oxygen atoms in total. The molecule has 0 fully saturated rings. The summed E-state index contributed by atoms with van der Waals surface area (Å²) >= 11 is 0. The van der Waals surface area contributed by atoms with Gasteiger partial charge in [-0.15, -0.1) is 0 Å². The fourth-order valence-corrected chi connectivity index (χ4v) is 1.95. The molecule has 3 heteroatoms. The van der Waals surface area contributed by atoms with Gasteiger partial charge in [-0.25, -0.2) is 4.39 Å². The molecule has 16 heavy (non-hydrogen) atoms. The number of rotatable bonds is 0. The van der Waals surface area contributed by atoms with Gasteiger partial charge in [0.1, 0.15) is 17.3 Å². The van der Waals surface area contributed by atoms with Crippen LogP contribution >= 0.6 is 0 Å². The number of ketones is 1. The highest BCUT2D eigenvalue weighted by molar-refractivity contribution is 5.80. The third-order valence-electron chi connectivity index (χ3n) is 3.06. The van der Waals surface area contributed by atoms with Crippen molar-refractivity contribution >= 4 is 5.78 Å². The first-order valence-corrected chi connectivity index (χ1v) is 5.61. The number of halogens is 1. The molecule has 1 aliphatic rings. The second-order valence-electron chi connectivity index (χ2n) is 4.22. The van der Waals surface area contributed by atoms with E-state index in [9.17, 15) is 9.18 Å². The summed E-state index contributed by atoms with van der Waals surface area (Å²) in [5.41, 5.74) is 0.601. The van der Waals surface area contributed by atoms with Crippen molar-refractivity contribution < 1.29 is 13.9 Å². The van der Waals surface area contributed by atoms with E-state index < -0.39 is 0 Å². The molecule has 0 aliphatic carbocycles. The van der Waals surface area contributed by atoms with Gasteiger partial charge in [0.15, 0.2) is 0 Å². The summed E-state index contributed by atoms with van der Waals surface area (Å²) in [4.78, 5) is 11.6. The lowest BCUT2D eigenvalue weighted by Crippen LogP contribution is -2.13. The molecule has 1 aromatic rings. The van der Waals surface area contributed by atoms with Crippen LogP contribution in [0.15, 0.2) is 18.2 Å². The lowest BCUT2D eigenvalue weighted by atomic mass is 9.96. The summed E-state index contributed by atoms with van der Waals surface area (Å²) < 4.78 is 19.0. The summed E-state index contributed by atoms with van der Waals surface area (Å²) in [6.07, 6.45) is 1.67. The summed E-state index contributed by atoms with van der Waals surface area (Å²) in [6, 6.07) is 4.84. The molecule has 0 N–H and O–H groups in total. The molecule has 0 aromatic heterocycles. The molecule has 1 aromatic carbocycles. The van der Waals surface area contributed by atoms with Crippen LogP contribution in [0.4, 0.5) is 4.39 Å². The van der Waals surface area contributed by atoms with E-state index in [1.54, 1.807) is 12.1 Å². The largest absolute Gasteiger partial charge is 0.493 e. The third-order valence-corrected chi connectivity index (χ3v) is 3.06. The fraction of sp³-hybridized carbons (Fsp3) is 0.462. The second-order valence-corrected chi connectivity index (χ2v) is 4.22. The van der Waals surface area contributed by atoms with Gasteiger partial charge in [-0.3, -0.25) is 4.79 Å². The molecular formula is C13H15FO2. The molecule has 0 radical (unpaired) electrons. The molecule has 86 valence electrons. The fourth-order valence-electron chi connectivity index (χ4n) is 1.95. The van der Waals surface area contributed by atoms with Crippen LogP contribution in [0.25, 0.3) is 0 Å². The molecule has 1 heterocycles. The van der Waals surface area contributed by atoms with E-state index >= 15 is 0 Å². The topological polar surface area (TPSA) is 26.3 Å². The van der Waals surface area contributed by atoms with Crippen LogP contribution in [0.2, 0.25) is 0 Å². The number of carbonyl (C=O) groups is 1. The summed E-state index contributed by atoms with van der Waals surface area (Å²) in [7, 11) is 0. The van der Waals surface area contributed by atoms with Crippen LogP contribution in [0, 0.1) is 11.7 Å². The normalized spacial score (nSPS) is 21.4. The van der Waals surface area contributed by atoms with Crippen LogP contribution in [-0.2, 0) is 11.2 Å². The Hall–Kier alpha value is -1.38. The minimum Gasteiger partial charge on any atom is -0.493 e. The Labute approximate surface area is 94.4 Å². The summed E-state index contributed by atoms with van der Waals surface area (Å²) in [6.45, 7) is 2.24. The zero-order chi connectivity index (χ0) is 11.5. The molecular weight excluding hydrogens is 207 g/mol. The molecule has 1 aliphatic heterocycles. The monoisotopic (exact) mass is 222 g/mol.